The summed E-state index contributed by atoms with van der Waals surface area (Å²) in [5.74, 6) is 0. The van der Waals surface area contributed by atoms with E-state index in [2.05, 4.69) is 40.0 Å². The summed E-state index contributed by atoms with van der Waals surface area (Å²) in [7, 11) is -3.01. The van der Waals surface area contributed by atoms with Crippen LogP contribution in [0, 0.1) is 0 Å². The van der Waals surface area contributed by atoms with Gasteiger partial charge in [0.2, 0.25) is 15.7 Å². The standard InChI is InChI=1S/C8H20O2Si2/c1-7-8(2)10-12(5,6)11(3,4)9-7/h7-8H,1-6H3. The van der Waals surface area contributed by atoms with Crippen LogP contribution in [0.3, 0.4) is 0 Å². The number of rotatable bonds is 0. The number of hydrogen-bond acceptors (Lipinski definition) is 2. The fourth-order valence-corrected chi connectivity index (χ4v) is 7.03. The molecule has 12 heavy (non-hydrogen) atoms. The molecule has 1 aliphatic heterocycles. The molecule has 2 atom stereocenters. The topological polar surface area (TPSA) is 18.5 Å². The largest absolute Gasteiger partial charge is 0.412 e. The third-order valence-electron chi connectivity index (χ3n) is 3.07. The van der Waals surface area contributed by atoms with Crippen molar-refractivity contribution in [2.45, 2.75) is 52.2 Å². The maximum Gasteiger partial charge on any atom is 0.205 e. The zero-order valence-corrected chi connectivity index (χ0v) is 11.0. The molecule has 72 valence electrons. The maximum atomic E-state index is 6.08. The van der Waals surface area contributed by atoms with E-state index in [1.165, 1.54) is 0 Å². The van der Waals surface area contributed by atoms with Gasteiger partial charge in [0.15, 0.2) is 0 Å². The SMILES string of the molecule is CC1O[Si](C)(C)[Si](C)(C)OC1C. The predicted octanol–water partition coefficient (Wildman–Crippen LogP) is 2.30. The minimum atomic E-state index is -1.51. The van der Waals surface area contributed by atoms with E-state index in [9.17, 15) is 0 Å². The molecule has 2 nitrogen and oxygen atoms in total. The number of hydrogen-bond donors (Lipinski definition) is 0. The Morgan fingerprint density at radius 2 is 1.00 bits per heavy atom. The fraction of sp³-hybridized carbons (Fsp3) is 1.00. The third kappa shape index (κ3) is 1.66. The third-order valence-corrected chi connectivity index (χ3v) is 17.3. The van der Waals surface area contributed by atoms with Crippen molar-refractivity contribution in [3.63, 3.8) is 0 Å². The summed E-state index contributed by atoms with van der Waals surface area (Å²) < 4.78 is 12.2. The monoisotopic (exact) mass is 204 g/mol. The van der Waals surface area contributed by atoms with E-state index in [0.29, 0.717) is 0 Å². The quantitative estimate of drug-likeness (QED) is 0.564. The summed E-state index contributed by atoms with van der Waals surface area (Å²) in [6.07, 6.45) is 0.569. The van der Waals surface area contributed by atoms with Crippen molar-refractivity contribution in [2.24, 2.45) is 0 Å². The second-order valence-corrected chi connectivity index (χ2v) is 18.4. The Kier molecular flexibility index (Phi) is 2.55. The molecule has 0 spiro atoms. The van der Waals surface area contributed by atoms with Crippen molar-refractivity contribution >= 4 is 15.7 Å². The average molecular weight is 204 g/mol. The van der Waals surface area contributed by atoms with Gasteiger partial charge in [-0.1, -0.05) is 0 Å². The Balaban J connectivity index is 2.80. The first-order chi connectivity index (χ1) is 5.26. The molecule has 1 aliphatic rings. The summed E-state index contributed by atoms with van der Waals surface area (Å²) in [5.41, 5.74) is 0. The summed E-state index contributed by atoms with van der Waals surface area (Å²) in [4.78, 5) is 0. The molecule has 1 heterocycles. The van der Waals surface area contributed by atoms with Gasteiger partial charge >= 0.3 is 0 Å². The fourth-order valence-electron chi connectivity index (χ4n) is 1.40. The van der Waals surface area contributed by atoms with Crippen molar-refractivity contribution in [2.75, 3.05) is 0 Å². The Bertz CT molecular complexity index is 160. The molecule has 1 fully saturated rings. The van der Waals surface area contributed by atoms with E-state index in [0.717, 1.165) is 0 Å². The van der Waals surface area contributed by atoms with Crippen LogP contribution >= 0.6 is 0 Å². The Hall–Kier alpha value is 0.354. The smallest absolute Gasteiger partial charge is 0.205 e. The Labute approximate surface area is 77.3 Å². The van der Waals surface area contributed by atoms with E-state index in [-0.39, 0.29) is 12.2 Å². The second-order valence-electron chi connectivity index (χ2n) is 4.67. The van der Waals surface area contributed by atoms with Crippen LogP contribution in [0.5, 0.6) is 0 Å². The molecule has 0 saturated carbocycles. The lowest BCUT2D eigenvalue weighted by Crippen LogP contribution is -2.66. The lowest BCUT2D eigenvalue weighted by molar-refractivity contribution is 0.0488. The maximum absolute atomic E-state index is 6.08. The van der Waals surface area contributed by atoms with Crippen molar-refractivity contribution in [1.29, 1.82) is 0 Å². The first kappa shape index (κ1) is 10.4. The van der Waals surface area contributed by atoms with Crippen molar-refractivity contribution < 1.29 is 8.85 Å². The highest BCUT2D eigenvalue weighted by molar-refractivity contribution is 7.35. The molecule has 1 rings (SSSR count). The molecule has 0 aromatic carbocycles. The van der Waals surface area contributed by atoms with Gasteiger partial charge in [0.25, 0.3) is 0 Å². The summed E-state index contributed by atoms with van der Waals surface area (Å²) >= 11 is 0. The van der Waals surface area contributed by atoms with Gasteiger partial charge in [-0.05, 0) is 40.0 Å². The minimum Gasteiger partial charge on any atom is -0.412 e. The zero-order valence-electron chi connectivity index (χ0n) is 8.97. The van der Waals surface area contributed by atoms with Crippen LogP contribution in [0.1, 0.15) is 13.8 Å². The highest BCUT2D eigenvalue weighted by Gasteiger charge is 2.51. The molecule has 0 amide bonds. The van der Waals surface area contributed by atoms with Crippen LogP contribution in [-0.2, 0) is 8.85 Å². The van der Waals surface area contributed by atoms with E-state index < -0.39 is 15.7 Å². The summed E-state index contributed by atoms with van der Waals surface area (Å²) in [6.45, 7) is 13.3. The molecule has 0 aromatic rings. The lowest BCUT2D eigenvalue weighted by atomic mass is 10.3. The molecule has 1 saturated heterocycles. The molecule has 0 N–H and O–H groups in total. The van der Waals surface area contributed by atoms with Gasteiger partial charge in [-0.25, -0.2) is 0 Å². The van der Waals surface area contributed by atoms with Gasteiger partial charge in [0.05, 0.1) is 12.2 Å². The van der Waals surface area contributed by atoms with Crippen LogP contribution in [-0.4, -0.2) is 27.9 Å². The molecule has 2 unspecified atom stereocenters. The Morgan fingerprint density at radius 1 is 0.750 bits per heavy atom. The van der Waals surface area contributed by atoms with Gasteiger partial charge in [0, 0.05) is 0 Å². The average Bonchev–Trinajstić information content (AvgIpc) is 1.82. The van der Waals surface area contributed by atoms with E-state index in [1.54, 1.807) is 0 Å². The van der Waals surface area contributed by atoms with E-state index in [4.69, 9.17) is 8.85 Å². The highest BCUT2D eigenvalue weighted by atomic mass is 29.3. The minimum absolute atomic E-state index is 0.284. The first-order valence-corrected chi connectivity index (χ1v) is 11.4. The van der Waals surface area contributed by atoms with Crippen molar-refractivity contribution in [3.05, 3.63) is 0 Å². The van der Waals surface area contributed by atoms with E-state index >= 15 is 0 Å². The zero-order chi connectivity index (χ0) is 9.57. The van der Waals surface area contributed by atoms with Gasteiger partial charge in [0.1, 0.15) is 0 Å². The van der Waals surface area contributed by atoms with E-state index in [1.807, 2.05) is 0 Å². The van der Waals surface area contributed by atoms with Gasteiger partial charge < -0.3 is 8.85 Å². The van der Waals surface area contributed by atoms with Crippen LogP contribution in [0.2, 0.25) is 26.2 Å². The normalized spacial score (nSPS) is 39.5. The van der Waals surface area contributed by atoms with Crippen LogP contribution < -0.4 is 0 Å². The van der Waals surface area contributed by atoms with Crippen molar-refractivity contribution in [3.8, 4) is 0 Å². The molecule has 0 aromatic heterocycles. The predicted molar refractivity (Wildman–Crippen MR) is 56.1 cm³/mol. The molecular formula is C8H20O2Si2. The summed E-state index contributed by atoms with van der Waals surface area (Å²) in [5, 5.41) is 0. The van der Waals surface area contributed by atoms with Gasteiger partial charge in [-0.2, -0.15) is 0 Å². The highest BCUT2D eigenvalue weighted by Crippen LogP contribution is 2.30. The molecule has 0 bridgehead atoms. The lowest BCUT2D eigenvalue weighted by Gasteiger charge is -2.47. The second kappa shape index (κ2) is 2.94. The van der Waals surface area contributed by atoms with Gasteiger partial charge in [-0.15, -0.1) is 0 Å². The van der Waals surface area contributed by atoms with Crippen LogP contribution in [0.25, 0.3) is 0 Å². The van der Waals surface area contributed by atoms with Crippen molar-refractivity contribution in [1.82, 2.24) is 0 Å². The first-order valence-electron chi connectivity index (χ1n) is 4.62. The molecular weight excluding hydrogens is 184 g/mol. The van der Waals surface area contributed by atoms with Crippen LogP contribution in [0.4, 0.5) is 0 Å². The molecule has 0 radical (unpaired) electrons. The van der Waals surface area contributed by atoms with Gasteiger partial charge in [-0.3, -0.25) is 0 Å². The molecule has 4 heteroatoms. The van der Waals surface area contributed by atoms with Crippen LogP contribution in [0.15, 0.2) is 0 Å². The Morgan fingerprint density at radius 3 is 1.25 bits per heavy atom. The molecule has 0 aliphatic carbocycles. The summed E-state index contributed by atoms with van der Waals surface area (Å²) in [6, 6.07) is 0.